The van der Waals surface area contributed by atoms with Crippen LogP contribution in [0.15, 0.2) is 12.1 Å². The molecule has 0 amide bonds. The van der Waals surface area contributed by atoms with Gasteiger partial charge in [-0.3, -0.25) is 0 Å². The number of aliphatic hydroxyl groups excluding tert-OH is 1. The number of sulfone groups is 1. The molecule has 0 saturated carbocycles. The van der Waals surface area contributed by atoms with E-state index in [0.717, 1.165) is 18.4 Å². The van der Waals surface area contributed by atoms with E-state index in [4.69, 9.17) is 5.11 Å². The summed E-state index contributed by atoms with van der Waals surface area (Å²) in [5.41, 5.74) is -0.166. The number of rotatable bonds is 5. The molecule has 0 heterocycles. The van der Waals surface area contributed by atoms with Crippen molar-refractivity contribution in [3.63, 3.8) is 0 Å². The van der Waals surface area contributed by atoms with E-state index in [1.54, 1.807) is 0 Å². The van der Waals surface area contributed by atoms with Crippen LogP contribution in [0.2, 0.25) is 0 Å². The summed E-state index contributed by atoms with van der Waals surface area (Å²) in [7, 11) is -1.78. The van der Waals surface area contributed by atoms with E-state index in [1.165, 1.54) is 11.9 Å². The lowest BCUT2D eigenvalue weighted by molar-refractivity contribution is 0.280. The summed E-state index contributed by atoms with van der Waals surface area (Å²) in [6, 6.07) is 2.05. The highest BCUT2D eigenvalue weighted by Crippen LogP contribution is 2.24. The average Bonchev–Trinajstić information content (AvgIpc) is 2.24. The molecule has 0 fully saturated rings. The van der Waals surface area contributed by atoms with Gasteiger partial charge in [-0.15, -0.1) is 0 Å². The minimum absolute atomic E-state index is 0.00878. The van der Waals surface area contributed by atoms with E-state index in [-0.39, 0.29) is 23.5 Å². The first-order chi connectivity index (χ1) is 8.24. The Bertz CT molecular complexity index is 508. The second kappa shape index (κ2) is 5.62. The lowest BCUT2D eigenvalue weighted by atomic mass is 10.2. The number of nitrogens with zero attached hydrogens (tertiary/aromatic N) is 1. The van der Waals surface area contributed by atoms with E-state index in [1.807, 2.05) is 0 Å². The molecule has 0 aliphatic carbocycles. The number of hydrogen-bond donors (Lipinski definition) is 1. The van der Waals surface area contributed by atoms with Gasteiger partial charge in [0, 0.05) is 19.8 Å². The maximum atomic E-state index is 13.6. The van der Waals surface area contributed by atoms with Gasteiger partial charge in [0.1, 0.15) is 27.2 Å². The van der Waals surface area contributed by atoms with Gasteiger partial charge in [-0.2, -0.15) is 0 Å². The number of anilines is 1. The van der Waals surface area contributed by atoms with Crippen LogP contribution in [0, 0.1) is 11.6 Å². The average molecular weight is 279 g/mol. The van der Waals surface area contributed by atoms with Crippen molar-refractivity contribution >= 4 is 15.5 Å². The molecule has 0 bridgehead atoms. The third-order valence-electron chi connectivity index (χ3n) is 2.44. The van der Waals surface area contributed by atoms with E-state index in [9.17, 15) is 17.2 Å². The molecule has 1 aromatic rings. The normalized spacial score (nSPS) is 11.6. The highest BCUT2D eigenvalue weighted by atomic mass is 32.2. The van der Waals surface area contributed by atoms with Crippen LogP contribution in [0.25, 0.3) is 0 Å². The summed E-state index contributed by atoms with van der Waals surface area (Å²) in [6.45, 7) is -0.466. The van der Waals surface area contributed by atoms with Crippen LogP contribution in [0.4, 0.5) is 14.5 Å². The summed E-state index contributed by atoms with van der Waals surface area (Å²) >= 11 is 0. The lowest BCUT2D eigenvalue weighted by Crippen LogP contribution is -2.26. The molecule has 7 heteroatoms. The highest BCUT2D eigenvalue weighted by Gasteiger charge is 2.16. The Morgan fingerprint density at radius 1 is 1.28 bits per heavy atom. The monoisotopic (exact) mass is 279 g/mol. The van der Waals surface area contributed by atoms with Gasteiger partial charge in [0.05, 0.1) is 12.4 Å². The second-order valence-electron chi connectivity index (χ2n) is 4.12. The first kappa shape index (κ1) is 14.8. The quantitative estimate of drug-likeness (QED) is 0.871. The Morgan fingerprint density at radius 2 is 1.78 bits per heavy atom. The first-order valence-corrected chi connectivity index (χ1v) is 7.28. The molecule has 4 nitrogen and oxygen atoms in total. The SMILES string of the molecule is CN(CCS(C)(=O)=O)c1c(F)cc(CO)cc1F. The molecular formula is C11H15F2NO3S. The van der Waals surface area contributed by atoms with Crippen LogP contribution < -0.4 is 4.90 Å². The van der Waals surface area contributed by atoms with Gasteiger partial charge >= 0.3 is 0 Å². The lowest BCUT2D eigenvalue weighted by Gasteiger charge is -2.20. The van der Waals surface area contributed by atoms with Gasteiger partial charge in [0.2, 0.25) is 0 Å². The maximum Gasteiger partial charge on any atom is 0.149 e. The molecule has 0 aliphatic rings. The zero-order chi connectivity index (χ0) is 13.9. The van der Waals surface area contributed by atoms with Gasteiger partial charge in [-0.25, -0.2) is 17.2 Å². The molecule has 18 heavy (non-hydrogen) atoms. The van der Waals surface area contributed by atoms with Crippen molar-refractivity contribution in [1.29, 1.82) is 0 Å². The standard InChI is InChI=1S/C11H15F2NO3S/c1-14(3-4-18(2,16)17)11-9(12)5-8(7-15)6-10(11)13/h5-6,15H,3-4,7H2,1-2H3. The number of halogens is 2. The van der Waals surface area contributed by atoms with E-state index < -0.39 is 28.1 Å². The molecule has 0 unspecified atom stereocenters. The number of hydrogen-bond acceptors (Lipinski definition) is 4. The fourth-order valence-electron chi connectivity index (χ4n) is 1.49. The van der Waals surface area contributed by atoms with Crippen LogP contribution in [-0.4, -0.2) is 39.1 Å². The van der Waals surface area contributed by atoms with Gasteiger partial charge in [0.25, 0.3) is 0 Å². The van der Waals surface area contributed by atoms with Crippen LogP contribution in [0.1, 0.15) is 5.56 Å². The van der Waals surface area contributed by atoms with Crippen molar-refractivity contribution in [1.82, 2.24) is 0 Å². The molecule has 0 spiro atoms. The van der Waals surface area contributed by atoms with Crippen LogP contribution in [0.3, 0.4) is 0 Å². The highest BCUT2D eigenvalue weighted by molar-refractivity contribution is 7.90. The molecule has 0 aromatic heterocycles. The molecule has 0 atom stereocenters. The molecule has 0 aliphatic heterocycles. The first-order valence-electron chi connectivity index (χ1n) is 5.22. The number of aliphatic hydroxyl groups is 1. The van der Waals surface area contributed by atoms with Crippen molar-refractivity contribution in [3.05, 3.63) is 29.3 Å². The Balaban J connectivity index is 2.95. The van der Waals surface area contributed by atoms with E-state index in [0.29, 0.717) is 0 Å². The Labute approximate surface area is 105 Å². The van der Waals surface area contributed by atoms with Crippen LogP contribution in [0.5, 0.6) is 0 Å². The van der Waals surface area contributed by atoms with Crippen molar-refractivity contribution in [2.75, 3.05) is 30.5 Å². The molecule has 0 saturated heterocycles. The summed E-state index contributed by atoms with van der Waals surface area (Å²) in [4.78, 5) is 1.20. The number of benzene rings is 1. The zero-order valence-electron chi connectivity index (χ0n) is 10.2. The fraction of sp³-hybridized carbons (Fsp3) is 0.455. The van der Waals surface area contributed by atoms with Gasteiger partial charge in [-0.1, -0.05) is 0 Å². The minimum Gasteiger partial charge on any atom is -0.392 e. The topological polar surface area (TPSA) is 57.6 Å². The predicted molar refractivity (Wildman–Crippen MR) is 65.3 cm³/mol. The van der Waals surface area contributed by atoms with E-state index >= 15 is 0 Å². The van der Waals surface area contributed by atoms with Crippen molar-refractivity contribution < 1.29 is 22.3 Å². The summed E-state index contributed by atoms with van der Waals surface area (Å²) in [6.07, 6.45) is 1.06. The van der Waals surface area contributed by atoms with E-state index in [2.05, 4.69) is 0 Å². The zero-order valence-corrected chi connectivity index (χ0v) is 11.0. The third-order valence-corrected chi connectivity index (χ3v) is 3.36. The summed E-state index contributed by atoms with van der Waals surface area (Å²) in [5.74, 6) is -1.84. The van der Waals surface area contributed by atoms with Gasteiger partial charge < -0.3 is 10.0 Å². The second-order valence-corrected chi connectivity index (χ2v) is 6.38. The Morgan fingerprint density at radius 3 is 2.17 bits per heavy atom. The predicted octanol–water partition coefficient (Wildman–Crippen LogP) is 0.938. The van der Waals surface area contributed by atoms with Gasteiger partial charge in [-0.05, 0) is 17.7 Å². The molecule has 102 valence electrons. The molecule has 1 aromatic carbocycles. The van der Waals surface area contributed by atoms with Gasteiger partial charge in [0.15, 0.2) is 0 Å². The third kappa shape index (κ3) is 3.92. The summed E-state index contributed by atoms with van der Waals surface area (Å²) in [5, 5.41) is 8.80. The van der Waals surface area contributed by atoms with Crippen LogP contribution in [-0.2, 0) is 16.4 Å². The molecule has 1 N–H and O–H groups in total. The van der Waals surface area contributed by atoms with Crippen molar-refractivity contribution in [3.8, 4) is 0 Å². The Kier molecular flexibility index (Phi) is 4.64. The molecule has 1 rings (SSSR count). The summed E-state index contributed by atoms with van der Waals surface area (Å²) < 4.78 is 49.2. The molecular weight excluding hydrogens is 264 g/mol. The maximum absolute atomic E-state index is 13.6. The minimum atomic E-state index is -3.19. The van der Waals surface area contributed by atoms with Crippen molar-refractivity contribution in [2.24, 2.45) is 0 Å². The van der Waals surface area contributed by atoms with Crippen LogP contribution >= 0.6 is 0 Å². The fourth-order valence-corrected chi connectivity index (χ4v) is 2.09. The molecule has 0 radical (unpaired) electrons. The Hall–Kier alpha value is -1.21. The van der Waals surface area contributed by atoms with Crippen molar-refractivity contribution in [2.45, 2.75) is 6.61 Å². The largest absolute Gasteiger partial charge is 0.392 e. The smallest absolute Gasteiger partial charge is 0.149 e.